The van der Waals surface area contributed by atoms with E-state index in [4.69, 9.17) is 0 Å². The van der Waals surface area contributed by atoms with Gasteiger partial charge in [-0.15, -0.1) is 6.58 Å². The molecule has 0 saturated heterocycles. The molecule has 0 heterocycles. The lowest BCUT2D eigenvalue weighted by molar-refractivity contribution is 0.406. The summed E-state index contributed by atoms with van der Waals surface area (Å²) in [5.41, 5.74) is 4.26. The van der Waals surface area contributed by atoms with Crippen LogP contribution in [0.4, 0.5) is 0 Å². The standard InChI is InChI=1S/C36H66/c1-9-13-23-34(11-3)28-26-32(7)30-36(33(8)27-29-35(12-4)24-14-10-2)25-21-19-17-15-16-18-20-22-31(5)6/h19,21,34-36H,5,7-18,20,22-30H2,1-4,6H3/b21-19+. The molecule has 0 saturated carbocycles. The van der Waals surface area contributed by atoms with Crippen molar-refractivity contribution in [3.8, 4) is 0 Å². The normalized spacial score (nSPS) is 14.1. The van der Waals surface area contributed by atoms with E-state index in [1.165, 1.54) is 132 Å². The van der Waals surface area contributed by atoms with Gasteiger partial charge in [-0.1, -0.05) is 134 Å². The van der Waals surface area contributed by atoms with Gasteiger partial charge in [0.2, 0.25) is 0 Å². The van der Waals surface area contributed by atoms with Gasteiger partial charge in [-0.05, 0) is 88.9 Å². The van der Waals surface area contributed by atoms with Crippen LogP contribution in [0, 0.1) is 17.8 Å². The Bertz CT molecular complexity index is 577. The van der Waals surface area contributed by atoms with Crippen LogP contribution in [0.3, 0.4) is 0 Å². The highest BCUT2D eigenvalue weighted by molar-refractivity contribution is 5.10. The average Bonchev–Trinajstić information content (AvgIpc) is 2.86. The van der Waals surface area contributed by atoms with Crippen molar-refractivity contribution in [2.75, 3.05) is 0 Å². The van der Waals surface area contributed by atoms with Gasteiger partial charge >= 0.3 is 0 Å². The summed E-state index contributed by atoms with van der Waals surface area (Å²) in [7, 11) is 0. The fourth-order valence-electron chi connectivity index (χ4n) is 5.36. The van der Waals surface area contributed by atoms with Gasteiger partial charge in [0.25, 0.3) is 0 Å². The first-order chi connectivity index (χ1) is 17.4. The lowest BCUT2D eigenvalue weighted by Crippen LogP contribution is -2.08. The summed E-state index contributed by atoms with van der Waals surface area (Å²) in [5.74, 6) is 2.32. The van der Waals surface area contributed by atoms with Crippen molar-refractivity contribution >= 4 is 0 Å². The third kappa shape index (κ3) is 20.1. The average molecular weight is 499 g/mol. The van der Waals surface area contributed by atoms with E-state index in [-0.39, 0.29) is 0 Å². The van der Waals surface area contributed by atoms with Crippen molar-refractivity contribution < 1.29 is 0 Å². The molecule has 36 heavy (non-hydrogen) atoms. The molecule has 0 heteroatoms. The molecule has 3 atom stereocenters. The molecular weight excluding hydrogens is 432 g/mol. The van der Waals surface area contributed by atoms with Crippen LogP contribution in [-0.4, -0.2) is 0 Å². The highest BCUT2D eigenvalue weighted by Crippen LogP contribution is 2.31. The zero-order valence-electron chi connectivity index (χ0n) is 25.7. The van der Waals surface area contributed by atoms with Gasteiger partial charge in [0.1, 0.15) is 0 Å². The first kappa shape index (κ1) is 35.0. The number of hydrogen-bond acceptors (Lipinski definition) is 0. The molecule has 210 valence electrons. The Morgan fingerprint density at radius 2 is 1.22 bits per heavy atom. The predicted octanol–water partition coefficient (Wildman–Crippen LogP) is 13.0. The second-order valence-corrected chi connectivity index (χ2v) is 11.8. The van der Waals surface area contributed by atoms with Crippen LogP contribution in [0.5, 0.6) is 0 Å². The smallest absolute Gasteiger partial charge is 0.0134 e. The molecule has 0 amide bonds. The topological polar surface area (TPSA) is 0 Å². The predicted molar refractivity (Wildman–Crippen MR) is 168 cm³/mol. The van der Waals surface area contributed by atoms with Gasteiger partial charge in [-0.3, -0.25) is 0 Å². The maximum Gasteiger partial charge on any atom is -0.0134 e. The summed E-state index contributed by atoms with van der Waals surface area (Å²) >= 11 is 0. The van der Waals surface area contributed by atoms with Gasteiger partial charge in [0, 0.05) is 0 Å². The monoisotopic (exact) mass is 499 g/mol. The zero-order valence-corrected chi connectivity index (χ0v) is 25.7. The zero-order chi connectivity index (χ0) is 27.0. The first-order valence-corrected chi connectivity index (χ1v) is 16.0. The highest BCUT2D eigenvalue weighted by Gasteiger charge is 2.16. The van der Waals surface area contributed by atoms with Crippen LogP contribution < -0.4 is 0 Å². The molecule has 0 aromatic heterocycles. The largest absolute Gasteiger partial charge is 0.100 e. The second-order valence-electron chi connectivity index (χ2n) is 11.8. The molecule has 0 rings (SSSR count). The van der Waals surface area contributed by atoms with Gasteiger partial charge in [0.15, 0.2) is 0 Å². The van der Waals surface area contributed by atoms with Crippen LogP contribution in [0.25, 0.3) is 0 Å². The first-order valence-electron chi connectivity index (χ1n) is 16.0. The van der Waals surface area contributed by atoms with Crippen molar-refractivity contribution in [2.24, 2.45) is 17.8 Å². The second kappa shape index (κ2) is 24.3. The number of hydrogen-bond donors (Lipinski definition) is 0. The SMILES string of the molecule is C=C(C)CCCCCC/C=C/CC(CC(=C)CCC(CC)CCCC)C(=C)CCC(CC)CCCC. The van der Waals surface area contributed by atoms with E-state index >= 15 is 0 Å². The van der Waals surface area contributed by atoms with Crippen LogP contribution in [0.2, 0.25) is 0 Å². The Balaban J connectivity index is 4.75. The van der Waals surface area contributed by atoms with E-state index in [2.05, 4.69) is 66.5 Å². The summed E-state index contributed by atoms with van der Waals surface area (Å²) in [4.78, 5) is 0. The van der Waals surface area contributed by atoms with Crippen LogP contribution >= 0.6 is 0 Å². The number of unbranched alkanes of at least 4 members (excludes halogenated alkanes) is 6. The van der Waals surface area contributed by atoms with E-state index in [1.54, 1.807) is 0 Å². The van der Waals surface area contributed by atoms with Gasteiger partial charge in [-0.2, -0.15) is 0 Å². The van der Waals surface area contributed by atoms with Crippen molar-refractivity contribution in [1.82, 2.24) is 0 Å². The Morgan fingerprint density at radius 3 is 1.78 bits per heavy atom. The fourth-order valence-corrected chi connectivity index (χ4v) is 5.36. The fraction of sp³-hybridized carbons (Fsp3) is 0.778. The molecule has 0 bridgehead atoms. The molecule has 3 unspecified atom stereocenters. The molecule has 0 aliphatic rings. The van der Waals surface area contributed by atoms with Crippen molar-refractivity contribution in [2.45, 2.75) is 163 Å². The molecule has 0 aliphatic heterocycles. The van der Waals surface area contributed by atoms with Gasteiger partial charge < -0.3 is 0 Å². The third-order valence-electron chi connectivity index (χ3n) is 8.29. The minimum Gasteiger partial charge on any atom is -0.100 e. The van der Waals surface area contributed by atoms with Crippen molar-refractivity contribution in [1.29, 1.82) is 0 Å². The number of allylic oxidation sites excluding steroid dienone is 5. The Morgan fingerprint density at radius 1 is 0.639 bits per heavy atom. The molecule has 0 fully saturated rings. The summed E-state index contributed by atoms with van der Waals surface area (Å²) in [6.45, 7) is 24.7. The lowest BCUT2D eigenvalue weighted by Gasteiger charge is -2.23. The van der Waals surface area contributed by atoms with Crippen molar-refractivity contribution in [3.63, 3.8) is 0 Å². The third-order valence-corrected chi connectivity index (χ3v) is 8.29. The molecular formula is C36H66. The quantitative estimate of drug-likeness (QED) is 0.0821. The minimum atomic E-state index is 0.573. The van der Waals surface area contributed by atoms with E-state index < -0.39 is 0 Å². The molecule has 0 aromatic rings. The summed E-state index contributed by atoms with van der Waals surface area (Å²) in [6.07, 6.45) is 30.7. The molecule has 0 nitrogen and oxygen atoms in total. The van der Waals surface area contributed by atoms with E-state index in [0.717, 1.165) is 24.7 Å². The van der Waals surface area contributed by atoms with Crippen LogP contribution in [-0.2, 0) is 0 Å². The van der Waals surface area contributed by atoms with Gasteiger partial charge in [-0.25, -0.2) is 0 Å². The number of rotatable bonds is 26. The van der Waals surface area contributed by atoms with Crippen LogP contribution in [0.1, 0.15) is 163 Å². The molecule has 0 aliphatic carbocycles. The summed E-state index contributed by atoms with van der Waals surface area (Å²) in [6, 6.07) is 0. The molecule has 0 N–H and O–H groups in total. The van der Waals surface area contributed by atoms with Crippen molar-refractivity contribution in [3.05, 3.63) is 48.6 Å². The van der Waals surface area contributed by atoms with Crippen LogP contribution in [0.15, 0.2) is 48.6 Å². The molecule has 0 spiro atoms. The lowest BCUT2D eigenvalue weighted by atomic mass is 9.83. The van der Waals surface area contributed by atoms with E-state index in [9.17, 15) is 0 Å². The Hall–Kier alpha value is -1.04. The molecule has 0 aromatic carbocycles. The summed E-state index contributed by atoms with van der Waals surface area (Å²) in [5, 5.41) is 0. The Kier molecular flexibility index (Phi) is 23.6. The maximum absolute atomic E-state index is 4.63. The highest BCUT2D eigenvalue weighted by atomic mass is 14.2. The van der Waals surface area contributed by atoms with E-state index in [1.807, 2.05) is 0 Å². The Labute approximate surface area is 229 Å². The van der Waals surface area contributed by atoms with E-state index in [0.29, 0.717) is 5.92 Å². The summed E-state index contributed by atoms with van der Waals surface area (Å²) < 4.78 is 0. The maximum atomic E-state index is 4.63. The minimum absolute atomic E-state index is 0.573. The van der Waals surface area contributed by atoms with Gasteiger partial charge in [0.05, 0.1) is 0 Å². The molecule has 0 radical (unpaired) electrons.